The summed E-state index contributed by atoms with van der Waals surface area (Å²) < 4.78 is 1.60. The van der Waals surface area contributed by atoms with E-state index in [2.05, 4.69) is 29.1 Å². The molecule has 2 heterocycles. The van der Waals surface area contributed by atoms with Crippen molar-refractivity contribution in [3.05, 3.63) is 18.1 Å². The molecule has 2 aromatic heterocycles. The monoisotopic (exact) mass is 177 g/mol. The van der Waals surface area contributed by atoms with Gasteiger partial charge in [0.05, 0.1) is 18.1 Å². The van der Waals surface area contributed by atoms with Crippen molar-refractivity contribution in [3.63, 3.8) is 0 Å². The second-order valence-electron chi connectivity index (χ2n) is 3.28. The van der Waals surface area contributed by atoms with Crippen molar-refractivity contribution < 1.29 is 0 Å². The van der Waals surface area contributed by atoms with Crippen LogP contribution in [-0.4, -0.2) is 19.8 Å². The van der Waals surface area contributed by atoms with Crippen LogP contribution >= 0.6 is 0 Å². The molecule has 0 spiro atoms. The van der Waals surface area contributed by atoms with E-state index in [0.717, 1.165) is 11.3 Å². The quantitative estimate of drug-likeness (QED) is 0.700. The molecule has 5 nitrogen and oxygen atoms in total. The van der Waals surface area contributed by atoms with Crippen molar-refractivity contribution in [3.8, 4) is 0 Å². The van der Waals surface area contributed by atoms with Gasteiger partial charge in [-0.25, -0.2) is 4.98 Å². The number of rotatable bonds is 1. The summed E-state index contributed by atoms with van der Waals surface area (Å²) in [6.45, 7) is 4.12. The fourth-order valence-electron chi connectivity index (χ4n) is 1.20. The lowest BCUT2D eigenvalue weighted by molar-refractivity contribution is 0.791. The second kappa shape index (κ2) is 2.69. The zero-order valence-corrected chi connectivity index (χ0v) is 7.60. The minimum absolute atomic E-state index is 0.327. The van der Waals surface area contributed by atoms with E-state index in [-0.39, 0.29) is 0 Å². The highest BCUT2D eigenvalue weighted by Gasteiger charge is 2.10. The van der Waals surface area contributed by atoms with Crippen molar-refractivity contribution in [1.82, 2.24) is 19.8 Å². The Labute approximate surface area is 75.6 Å². The van der Waals surface area contributed by atoms with Gasteiger partial charge in [-0.3, -0.25) is 0 Å². The molecular formula is C8H11N5. The Morgan fingerprint density at radius 3 is 2.92 bits per heavy atom. The van der Waals surface area contributed by atoms with Crippen LogP contribution in [0.1, 0.15) is 25.5 Å². The van der Waals surface area contributed by atoms with Crippen LogP contribution in [0.25, 0.3) is 5.65 Å². The summed E-state index contributed by atoms with van der Waals surface area (Å²) in [5.74, 6) is 0.327. The molecule has 68 valence electrons. The average Bonchev–Trinajstić information content (AvgIpc) is 2.46. The molecule has 0 radical (unpaired) electrons. The molecular weight excluding hydrogens is 166 g/mol. The van der Waals surface area contributed by atoms with Gasteiger partial charge in [0.15, 0.2) is 5.65 Å². The minimum Gasteiger partial charge on any atom is -0.396 e. The third kappa shape index (κ3) is 1.22. The predicted molar refractivity (Wildman–Crippen MR) is 49.3 cm³/mol. The van der Waals surface area contributed by atoms with E-state index < -0.39 is 0 Å². The Balaban J connectivity index is 2.69. The summed E-state index contributed by atoms with van der Waals surface area (Å²) in [5, 5.41) is 7.96. The molecule has 2 rings (SSSR count). The minimum atomic E-state index is 0.327. The molecule has 0 fully saturated rings. The van der Waals surface area contributed by atoms with Crippen molar-refractivity contribution >= 4 is 11.3 Å². The van der Waals surface area contributed by atoms with Crippen molar-refractivity contribution in [2.75, 3.05) is 5.73 Å². The number of nitrogens with zero attached hydrogens (tertiary/aromatic N) is 4. The number of nitrogen functional groups attached to an aromatic ring is 1. The first-order chi connectivity index (χ1) is 6.18. The van der Waals surface area contributed by atoms with E-state index in [1.54, 1.807) is 16.9 Å². The Hall–Kier alpha value is -1.65. The summed E-state index contributed by atoms with van der Waals surface area (Å²) in [5.41, 5.74) is 7.83. The van der Waals surface area contributed by atoms with Crippen LogP contribution in [0.4, 0.5) is 5.69 Å². The molecule has 2 N–H and O–H groups in total. The molecule has 13 heavy (non-hydrogen) atoms. The molecule has 0 aliphatic heterocycles. The molecule has 0 aromatic carbocycles. The van der Waals surface area contributed by atoms with Crippen LogP contribution in [-0.2, 0) is 0 Å². The average molecular weight is 177 g/mol. The Morgan fingerprint density at radius 1 is 1.46 bits per heavy atom. The fraction of sp³-hybridized carbons (Fsp3) is 0.375. The van der Waals surface area contributed by atoms with Crippen LogP contribution in [0.2, 0.25) is 0 Å². The maximum Gasteiger partial charge on any atom is 0.179 e. The highest BCUT2D eigenvalue weighted by Crippen LogP contribution is 2.15. The number of aromatic nitrogens is 4. The molecule has 0 bridgehead atoms. The lowest BCUT2D eigenvalue weighted by atomic mass is 10.1. The zero-order chi connectivity index (χ0) is 9.42. The molecule has 5 heteroatoms. The molecule has 0 amide bonds. The first kappa shape index (κ1) is 7.97. The highest BCUT2D eigenvalue weighted by molar-refractivity contribution is 5.47. The van der Waals surface area contributed by atoms with Gasteiger partial charge >= 0.3 is 0 Å². The Kier molecular flexibility index (Phi) is 1.65. The van der Waals surface area contributed by atoms with Crippen LogP contribution in [0.5, 0.6) is 0 Å². The summed E-state index contributed by atoms with van der Waals surface area (Å²) >= 11 is 0. The summed E-state index contributed by atoms with van der Waals surface area (Å²) in [6, 6.07) is 0. The summed E-state index contributed by atoms with van der Waals surface area (Å²) in [6.07, 6.45) is 3.33. The predicted octanol–water partition coefficient (Wildman–Crippen LogP) is 0.830. The molecule has 0 saturated carbocycles. The third-order valence-electron chi connectivity index (χ3n) is 1.85. The zero-order valence-electron chi connectivity index (χ0n) is 7.60. The number of nitrogens with two attached hydrogens (primary N) is 1. The smallest absolute Gasteiger partial charge is 0.179 e. The topological polar surface area (TPSA) is 69.1 Å². The SMILES string of the molecule is CC(C)c1nnn2cc(N)cnc12. The largest absolute Gasteiger partial charge is 0.396 e. The third-order valence-corrected chi connectivity index (χ3v) is 1.85. The first-order valence-electron chi connectivity index (χ1n) is 4.15. The summed E-state index contributed by atoms with van der Waals surface area (Å²) in [4.78, 5) is 4.17. The van der Waals surface area contributed by atoms with Crippen molar-refractivity contribution in [1.29, 1.82) is 0 Å². The lowest BCUT2D eigenvalue weighted by Gasteiger charge is -1.98. The van der Waals surface area contributed by atoms with E-state index in [0.29, 0.717) is 11.6 Å². The van der Waals surface area contributed by atoms with Gasteiger partial charge in [0.25, 0.3) is 0 Å². The molecule has 2 aromatic rings. The van der Waals surface area contributed by atoms with Gasteiger partial charge < -0.3 is 5.73 Å². The maximum absolute atomic E-state index is 5.56. The normalized spacial score (nSPS) is 11.3. The van der Waals surface area contributed by atoms with Gasteiger partial charge in [-0.2, -0.15) is 4.52 Å². The van der Waals surface area contributed by atoms with E-state index in [4.69, 9.17) is 5.73 Å². The highest BCUT2D eigenvalue weighted by atomic mass is 15.4. The van der Waals surface area contributed by atoms with E-state index >= 15 is 0 Å². The van der Waals surface area contributed by atoms with Gasteiger partial charge in [0.2, 0.25) is 0 Å². The lowest BCUT2D eigenvalue weighted by Crippen LogP contribution is -1.95. The standard InChI is InChI=1S/C8H11N5/c1-5(2)7-8-10-3-6(9)4-13(8)12-11-7/h3-5H,9H2,1-2H3. The molecule has 0 saturated heterocycles. The summed E-state index contributed by atoms with van der Waals surface area (Å²) in [7, 11) is 0. The number of fused-ring (bicyclic) bond motifs is 1. The van der Waals surface area contributed by atoms with Crippen LogP contribution in [0.15, 0.2) is 12.4 Å². The second-order valence-corrected chi connectivity index (χ2v) is 3.28. The molecule has 0 atom stereocenters. The van der Waals surface area contributed by atoms with Crippen molar-refractivity contribution in [2.45, 2.75) is 19.8 Å². The first-order valence-corrected chi connectivity index (χ1v) is 4.15. The number of anilines is 1. The molecule has 0 unspecified atom stereocenters. The molecule has 0 aliphatic carbocycles. The van der Waals surface area contributed by atoms with Gasteiger partial charge in [0, 0.05) is 5.92 Å². The fourth-order valence-corrected chi connectivity index (χ4v) is 1.20. The number of hydrogen-bond donors (Lipinski definition) is 1. The van der Waals surface area contributed by atoms with Crippen LogP contribution in [0.3, 0.4) is 0 Å². The van der Waals surface area contributed by atoms with E-state index in [9.17, 15) is 0 Å². The number of hydrogen-bond acceptors (Lipinski definition) is 4. The van der Waals surface area contributed by atoms with E-state index in [1.807, 2.05) is 0 Å². The van der Waals surface area contributed by atoms with Crippen LogP contribution < -0.4 is 5.73 Å². The van der Waals surface area contributed by atoms with Gasteiger partial charge in [-0.15, -0.1) is 5.10 Å². The van der Waals surface area contributed by atoms with Gasteiger partial charge in [-0.1, -0.05) is 19.1 Å². The maximum atomic E-state index is 5.56. The van der Waals surface area contributed by atoms with Crippen molar-refractivity contribution in [2.24, 2.45) is 0 Å². The van der Waals surface area contributed by atoms with E-state index in [1.165, 1.54) is 0 Å². The van der Waals surface area contributed by atoms with Gasteiger partial charge in [0.1, 0.15) is 5.69 Å². The molecule has 0 aliphatic rings. The van der Waals surface area contributed by atoms with Crippen LogP contribution in [0, 0.1) is 0 Å². The Morgan fingerprint density at radius 2 is 2.23 bits per heavy atom. The Bertz CT molecular complexity index is 431. The van der Waals surface area contributed by atoms with Gasteiger partial charge in [-0.05, 0) is 0 Å².